The van der Waals surface area contributed by atoms with Crippen molar-refractivity contribution in [1.82, 2.24) is 15.4 Å². The summed E-state index contributed by atoms with van der Waals surface area (Å²) in [4.78, 5) is 23.3. The Balaban J connectivity index is 3.50. The maximum Gasteiger partial charge on any atom is 0.511 e. The molecule has 0 aliphatic heterocycles. The van der Waals surface area contributed by atoms with Gasteiger partial charge in [-0.15, -0.1) is 0 Å². The average molecular weight is 494 g/mol. The van der Waals surface area contributed by atoms with Gasteiger partial charge in [-0.05, 0) is 33.1 Å². The molecule has 0 rings (SSSR count). The molecular formula is C18H34F3N3O7S. The standard InChI is InChI=1S/C18H34F3N3O7S/c1-4-17(2,3)15(25)31-12-9-23-16(26)22-7-5-10-29-13-14-30-11-6-8-24-32(27,28)18(19,20)21/h24H,4-14H2,1-3H3,(H2,22,23,26). The highest BCUT2D eigenvalue weighted by Crippen LogP contribution is 2.21. The van der Waals surface area contributed by atoms with Gasteiger partial charge >= 0.3 is 27.5 Å². The number of carbonyl (C=O) groups is 2. The molecular weight excluding hydrogens is 459 g/mol. The van der Waals surface area contributed by atoms with E-state index in [-0.39, 0.29) is 57.9 Å². The molecule has 32 heavy (non-hydrogen) atoms. The lowest BCUT2D eigenvalue weighted by Crippen LogP contribution is -2.38. The highest BCUT2D eigenvalue weighted by molar-refractivity contribution is 7.90. The fourth-order valence-corrected chi connectivity index (χ4v) is 2.45. The van der Waals surface area contributed by atoms with Gasteiger partial charge < -0.3 is 24.8 Å². The van der Waals surface area contributed by atoms with Crippen molar-refractivity contribution >= 4 is 22.0 Å². The van der Waals surface area contributed by atoms with Gasteiger partial charge in [0.25, 0.3) is 0 Å². The molecule has 0 aromatic carbocycles. The molecule has 3 N–H and O–H groups in total. The van der Waals surface area contributed by atoms with Crippen LogP contribution in [-0.2, 0) is 29.0 Å². The van der Waals surface area contributed by atoms with Gasteiger partial charge in [0.1, 0.15) is 6.61 Å². The van der Waals surface area contributed by atoms with Gasteiger partial charge in [-0.3, -0.25) is 4.79 Å². The molecule has 14 heteroatoms. The lowest BCUT2D eigenvalue weighted by molar-refractivity contribution is -0.153. The lowest BCUT2D eigenvalue weighted by atomic mass is 9.91. The van der Waals surface area contributed by atoms with Crippen LogP contribution in [-0.4, -0.2) is 78.6 Å². The third-order valence-electron chi connectivity index (χ3n) is 4.24. The topological polar surface area (TPSA) is 132 Å². The number of esters is 1. The van der Waals surface area contributed by atoms with Crippen LogP contribution in [0, 0.1) is 5.41 Å². The van der Waals surface area contributed by atoms with E-state index < -0.39 is 20.9 Å². The van der Waals surface area contributed by atoms with Crippen molar-refractivity contribution in [1.29, 1.82) is 0 Å². The van der Waals surface area contributed by atoms with E-state index in [0.29, 0.717) is 26.0 Å². The van der Waals surface area contributed by atoms with E-state index in [2.05, 4.69) is 10.6 Å². The van der Waals surface area contributed by atoms with Crippen LogP contribution in [0.5, 0.6) is 0 Å². The Morgan fingerprint density at radius 3 is 1.91 bits per heavy atom. The van der Waals surface area contributed by atoms with Crippen molar-refractivity contribution in [3.63, 3.8) is 0 Å². The molecule has 0 fully saturated rings. The Morgan fingerprint density at radius 1 is 0.844 bits per heavy atom. The van der Waals surface area contributed by atoms with E-state index in [1.807, 2.05) is 6.92 Å². The van der Waals surface area contributed by atoms with Gasteiger partial charge in [0.2, 0.25) is 0 Å². The fraction of sp³-hybridized carbons (Fsp3) is 0.889. The van der Waals surface area contributed by atoms with Crippen molar-refractivity contribution < 1.29 is 45.4 Å². The summed E-state index contributed by atoms with van der Waals surface area (Å²) in [6.07, 6.45) is 1.29. The zero-order chi connectivity index (χ0) is 24.7. The first-order chi connectivity index (χ1) is 14.8. The lowest BCUT2D eigenvalue weighted by Gasteiger charge is -2.20. The van der Waals surface area contributed by atoms with Crippen LogP contribution < -0.4 is 15.4 Å². The summed E-state index contributed by atoms with van der Waals surface area (Å²) in [5.74, 6) is -0.311. The molecule has 190 valence electrons. The zero-order valence-corrected chi connectivity index (χ0v) is 19.5. The molecule has 0 heterocycles. The molecule has 0 atom stereocenters. The van der Waals surface area contributed by atoms with Crippen LogP contribution in [0.2, 0.25) is 0 Å². The SMILES string of the molecule is CCC(C)(C)C(=O)OCCNC(=O)NCCCOCCOCCCNS(=O)(=O)C(F)(F)F. The van der Waals surface area contributed by atoms with Gasteiger partial charge in [-0.1, -0.05) is 6.92 Å². The average Bonchev–Trinajstić information content (AvgIpc) is 2.70. The number of nitrogens with one attached hydrogen (secondary N) is 3. The second-order valence-electron chi connectivity index (χ2n) is 7.33. The van der Waals surface area contributed by atoms with Crippen molar-refractivity contribution in [3.8, 4) is 0 Å². The van der Waals surface area contributed by atoms with Crippen molar-refractivity contribution in [3.05, 3.63) is 0 Å². The minimum Gasteiger partial charge on any atom is -0.463 e. The van der Waals surface area contributed by atoms with Crippen molar-refractivity contribution in [2.75, 3.05) is 52.7 Å². The highest BCUT2D eigenvalue weighted by atomic mass is 32.2. The van der Waals surface area contributed by atoms with Crippen molar-refractivity contribution in [2.24, 2.45) is 5.41 Å². The van der Waals surface area contributed by atoms with E-state index in [9.17, 15) is 31.2 Å². The summed E-state index contributed by atoms with van der Waals surface area (Å²) >= 11 is 0. The molecule has 0 aliphatic rings. The minimum atomic E-state index is -5.32. The Morgan fingerprint density at radius 2 is 1.38 bits per heavy atom. The molecule has 10 nitrogen and oxygen atoms in total. The van der Waals surface area contributed by atoms with E-state index >= 15 is 0 Å². The first kappa shape index (κ1) is 30.4. The number of hydrogen-bond donors (Lipinski definition) is 3. The molecule has 2 amide bonds. The monoisotopic (exact) mass is 493 g/mol. The number of amides is 2. The molecule has 0 spiro atoms. The molecule has 0 aliphatic carbocycles. The summed E-state index contributed by atoms with van der Waals surface area (Å²) in [5, 5.41) is 5.19. The zero-order valence-electron chi connectivity index (χ0n) is 18.7. The number of rotatable bonds is 17. The number of urea groups is 1. The number of halogens is 3. The van der Waals surface area contributed by atoms with Crippen LogP contribution in [0.1, 0.15) is 40.0 Å². The van der Waals surface area contributed by atoms with Crippen LogP contribution in [0.25, 0.3) is 0 Å². The van der Waals surface area contributed by atoms with Gasteiger partial charge in [0.05, 0.1) is 25.2 Å². The number of alkyl halides is 3. The number of carbonyl (C=O) groups excluding carboxylic acids is 2. The van der Waals surface area contributed by atoms with Crippen molar-refractivity contribution in [2.45, 2.75) is 45.5 Å². The fourth-order valence-electron chi connectivity index (χ4n) is 1.87. The largest absolute Gasteiger partial charge is 0.511 e. The predicted octanol–water partition coefficient (Wildman–Crippen LogP) is 1.52. The minimum absolute atomic E-state index is 0.0801. The summed E-state index contributed by atoms with van der Waals surface area (Å²) in [7, 11) is -5.32. The van der Waals surface area contributed by atoms with Crippen LogP contribution in [0.4, 0.5) is 18.0 Å². The smallest absolute Gasteiger partial charge is 0.463 e. The Hall–Kier alpha value is -1.64. The first-order valence-electron chi connectivity index (χ1n) is 10.2. The van der Waals surface area contributed by atoms with Gasteiger partial charge in [-0.2, -0.15) is 13.2 Å². The summed E-state index contributed by atoms with van der Waals surface area (Å²) < 4.78 is 74.7. The van der Waals surface area contributed by atoms with E-state index in [1.54, 1.807) is 13.8 Å². The highest BCUT2D eigenvalue weighted by Gasteiger charge is 2.45. The van der Waals surface area contributed by atoms with Crippen LogP contribution in [0.15, 0.2) is 0 Å². The molecule has 0 unspecified atom stereocenters. The predicted molar refractivity (Wildman–Crippen MR) is 110 cm³/mol. The van der Waals surface area contributed by atoms with E-state index in [4.69, 9.17) is 14.2 Å². The molecule has 0 saturated carbocycles. The van der Waals surface area contributed by atoms with Crippen LogP contribution >= 0.6 is 0 Å². The molecule has 0 aromatic heterocycles. The number of sulfonamides is 1. The second-order valence-corrected chi connectivity index (χ2v) is 9.09. The quantitative estimate of drug-likeness (QED) is 0.207. The molecule has 0 bridgehead atoms. The van der Waals surface area contributed by atoms with Crippen LogP contribution in [0.3, 0.4) is 0 Å². The maximum atomic E-state index is 12.1. The van der Waals surface area contributed by atoms with E-state index in [0.717, 1.165) is 0 Å². The van der Waals surface area contributed by atoms with E-state index in [1.165, 1.54) is 4.72 Å². The molecule has 0 radical (unpaired) electrons. The second kappa shape index (κ2) is 15.2. The Kier molecular flexibility index (Phi) is 14.5. The van der Waals surface area contributed by atoms with Gasteiger partial charge in [0.15, 0.2) is 0 Å². The maximum absolute atomic E-state index is 12.1. The molecule has 0 saturated heterocycles. The summed E-state index contributed by atoms with van der Waals surface area (Å²) in [6, 6.07) is -0.389. The number of hydrogen-bond acceptors (Lipinski definition) is 7. The van der Waals surface area contributed by atoms with Gasteiger partial charge in [-0.25, -0.2) is 17.9 Å². The third-order valence-corrected chi connectivity index (χ3v) is 5.44. The number of ether oxygens (including phenoxy) is 3. The first-order valence-corrected chi connectivity index (χ1v) is 11.7. The third kappa shape index (κ3) is 13.7. The summed E-state index contributed by atoms with van der Waals surface area (Å²) in [6.45, 7) is 6.64. The summed E-state index contributed by atoms with van der Waals surface area (Å²) in [5.41, 5.74) is -5.87. The van der Waals surface area contributed by atoms with Gasteiger partial charge in [0, 0.05) is 26.3 Å². The normalized spacial score (nSPS) is 12.4. The Bertz CT molecular complexity index is 659. The molecule has 0 aromatic rings. The Labute approximate surface area is 187 Å².